The number of carbonyl (C=O) groups is 3. The summed E-state index contributed by atoms with van der Waals surface area (Å²) in [6.45, 7) is 4.91. The van der Waals surface area contributed by atoms with Gasteiger partial charge >= 0.3 is 5.97 Å². The third-order valence-corrected chi connectivity index (χ3v) is 9.08. The number of hydrogen-bond donors (Lipinski definition) is 0. The molecule has 6 aromatic rings. The fourth-order valence-electron chi connectivity index (χ4n) is 5.78. The van der Waals surface area contributed by atoms with Gasteiger partial charge < -0.3 is 9.40 Å². The van der Waals surface area contributed by atoms with Crippen LogP contribution in [0.25, 0.3) is 21.8 Å². The lowest BCUT2D eigenvalue weighted by molar-refractivity contribution is 0.0516. The number of aryl methyl sites for hydroxylation is 2. The Hall–Kier alpha value is -5.14. The number of nitrogens with zero attached hydrogens (tertiary/aromatic N) is 2. The van der Waals surface area contributed by atoms with E-state index in [1.807, 2.05) is 79.0 Å². The zero-order chi connectivity index (χ0) is 32.0. The monoisotopic (exact) mass is 626 g/mol. The summed E-state index contributed by atoms with van der Waals surface area (Å²) < 4.78 is 2.28. The third kappa shape index (κ3) is 6.32. The molecule has 0 radical (unpaired) electrons. The molecule has 0 spiro atoms. The van der Waals surface area contributed by atoms with Crippen molar-refractivity contribution in [3.63, 3.8) is 0 Å². The average Bonchev–Trinajstić information content (AvgIpc) is 3.74. The normalized spacial score (nSPS) is 11.7. The van der Waals surface area contributed by atoms with Crippen LogP contribution in [0.15, 0.2) is 114 Å². The molecule has 0 aliphatic rings. The second-order valence-electron chi connectivity index (χ2n) is 11.3. The van der Waals surface area contributed by atoms with Crippen LogP contribution in [-0.2, 0) is 11.4 Å². The Morgan fingerprint density at radius 1 is 0.739 bits per heavy atom. The Kier molecular flexibility index (Phi) is 9.31. The summed E-state index contributed by atoms with van der Waals surface area (Å²) in [6, 6.07) is 31.1. The van der Waals surface area contributed by atoms with Gasteiger partial charge in [-0.15, -0.1) is 11.3 Å². The van der Waals surface area contributed by atoms with E-state index in [1.54, 1.807) is 36.4 Å². The van der Waals surface area contributed by atoms with E-state index in [0.717, 1.165) is 53.2 Å². The molecule has 0 atom stereocenters. The average molecular weight is 627 g/mol. The van der Waals surface area contributed by atoms with Crippen LogP contribution in [0.4, 0.5) is 0 Å². The van der Waals surface area contributed by atoms with E-state index in [-0.39, 0.29) is 17.3 Å². The van der Waals surface area contributed by atoms with E-state index in [9.17, 15) is 14.4 Å². The molecule has 0 unspecified atom stereocenters. The summed E-state index contributed by atoms with van der Waals surface area (Å²) in [5, 5.41) is 7.83. The Balaban J connectivity index is 1.44. The molecule has 2 heterocycles. The zero-order valence-electron chi connectivity index (χ0n) is 25.9. The number of benzene rings is 4. The molecule has 0 aliphatic carbocycles. The van der Waals surface area contributed by atoms with E-state index >= 15 is 0 Å². The van der Waals surface area contributed by atoms with Crippen molar-refractivity contribution in [1.29, 1.82) is 0 Å². The van der Waals surface area contributed by atoms with Gasteiger partial charge in [0.05, 0.1) is 10.4 Å². The molecule has 4 aromatic carbocycles. The molecule has 0 bridgehead atoms. The summed E-state index contributed by atoms with van der Waals surface area (Å²) >= 11 is 1.42. The van der Waals surface area contributed by atoms with Crippen molar-refractivity contribution >= 4 is 56.4 Å². The number of aromatic nitrogens is 1. The molecule has 6 nitrogen and oxygen atoms in total. The number of hydrogen-bond acceptors (Lipinski definition) is 6. The maximum Gasteiger partial charge on any atom is 0.365 e. The molecule has 230 valence electrons. The first-order valence-corrected chi connectivity index (χ1v) is 16.4. The Labute approximate surface area is 271 Å². The van der Waals surface area contributed by atoms with Gasteiger partial charge in [-0.25, -0.2) is 4.79 Å². The van der Waals surface area contributed by atoms with Gasteiger partial charge in [-0.1, -0.05) is 79.9 Å². The standard InChI is InChI=1S/C39H34N2O4S/c1-3-4-5-11-22-41-33-20-18-28(37(42)35-17-12-23-46-35)24-31(33)32-25-29(19-21-34(32)41)38(43)36(30-16-10-9-13-26(30)2)40-45-39(44)27-14-7-6-8-15-27/h6-10,12-21,23-25H,3-5,11,22H2,1-2H3/b40-36+. The minimum Gasteiger partial charge on any atom is -0.340 e. The molecule has 0 aliphatic heterocycles. The number of ketones is 2. The number of carbonyl (C=O) groups excluding carboxylic acids is 3. The number of rotatable bonds is 12. The second-order valence-corrected chi connectivity index (χ2v) is 12.3. The third-order valence-electron chi connectivity index (χ3n) is 8.21. The van der Waals surface area contributed by atoms with E-state index < -0.39 is 5.97 Å². The molecule has 0 N–H and O–H groups in total. The van der Waals surface area contributed by atoms with Crippen LogP contribution in [0.3, 0.4) is 0 Å². The van der Waals surface area contributed by atoms with Gasteiger partial charge in [0.15, 0.2) is 5.71 Å². The van der Waals surface area contributed by atoms with Crippen molar-refractivity contribution < 1.29 is 19.2 Å². The summed E-state index contributed by atoms with van der Waals surface area (Å²) in [5.41, 5.74) is 4.80. The highest BCUT2D eigenvalue weighted by Gasteiger charge is 2.23. The summed E-state index contributed by atoms with van der Waals surface area (Å²) in [4.78, 5) is 46.3. The van der Waals surface area contributed by atoms with Gasteiger partial charge in [0, 0.05) is 45.0 Å². The van der Waals surface area contributed by atoms with Crippen LogP contribution < -0.4 is 0 Å². The Bertz CT molecular complexity index is 2070. The Morgan fingerprint density at radius 3 is 2.13 bits per heavy atom. The van der Waals surface area contributed by atoms with E-state index in [4.69, 9.17) is 4.84 Å². The molecule has 6 rings (SSSR count). The van der Waals surface area contributed by atoms with Crippen molar-refractivity contribution in [2.24, 2.45) is 5.16 Å². The highest BCUT2D eigenvalue weighted by Crippen LogP contribution is 2.33. The molecule has 7 heteroatoms. The van der Waals surface area contributed by atoms with Gasteiger partial charge in [-0.3, -0.25) is 9.59 Å². The molecule has 0 amide bonds. The largest absolute Gasteiger partial charge is 0.365 e. The minimum atomic E-state index is -0.649. The lowest BCUT2D eigenvalue weighted by atomic mass is 9.96. The molecule has 2 aromatic heterocycles. The highest BCUT2D eigenvalue weighted by molar-refractivity contribution is 7.12. The fourth-order valence-corrected chi connectivity index (χ4v) is 6.46. The molecule has 0 fully saturated rings. The quantitative estimate of drug-likeness (QED) is 0.0446. The molecule has 46 heavy (non-hydrogen) atoms. The number of unbranched alkanes of at least 4 members (excludes halogenated alkanes) is 3. The SMILES string of the molecule is CCCCCCn1c2ccc(C(=O)/C(=N/OC(=O)c3ccccc3)c3ccccc3C)cc2c2cc(C(=O)c3cccs3)ccc21. The van der Waals surface area contributed by atoms with Crippen molar-refractivity contribution in [2.45, 2.75) is 46.1 Å². The lowest BCUT2D eigenvalue weighted by Gasteiger charge is -2.10. The smallest absolute Gasteiger partial charge is 0.340 e. The first kappa shape index (κ1) is 30.9. The van der Waals surface area contributed by atoms with Gasteiger partial charge in [0.25, 0.3) is 0 Å². The van der Waals surface area contributed by atoms with Gasteiger partial charge in [-0.05, 0) is 78.9 Å². The van der Waals surface area contributed by atoms with Crippen LogP contribution in [0.5, 0.6) is 0 Å². The van der Waals surface area contributed by atoms with Crippen molar-refractivity contribution in [3.8, 4) is 0 Å². The summed E-state index contributed by atoms with van der Waals surface area (Å²) in [7, 11) is 0. The van der Waals surface area contributed by atoms with Crippen LogP contribution in [0.2, 0.25) is 0 Å². The molecular formula is C39H34N2O4S. The zero-order valence-corrected chi connectivity index (χ0v) is 26.7. The number of oxime groups is 1. The van der Waals surface area contributed by atoms with E-state index in [2.05, 4.69) is 16.6 Å². The van der Waals surface area contributed by atoms with Gasteiger partial charge in [-0.2, -0.15) is 0 Å². The summed E-state index contributed by atoms with van der Waals surface area (Å²) in [5.74, 6) is -1.04. The molecule has 0 saturated heterocycles. The lowest BCUT2D eigenvalue weighted by Crippen LogP contribution is -2.18. The van der Waals surface area contributed by atoms with Gasteiger partial charge in [0.2, 0.25) is 11.6 Å². The van der Waals surface area contributed by atoms with Crippen LogP contribution >= 0.6 is 11.3 Å². The number of fused-ring (bicyclic) bond motifs is 3. The predicted molar refractivity (Wildman–Crippen MR) is 185 cm³/mol. The van der Waals surface area contributed by atoms with Crippen LogP contribution in [-0.4, -0.2) is 27.8 Å². The molecule has 0 saturated carbocycles. The second kappa shape index (κ2) is 13.9. The van der Waals surface area contributed by atoms with Gasteiger partial charge in [0.1, 0.15) is 0 Å². The van der Waals surface area contributed by atoms with Crippen molar-refractivity contribution in [1.82, 2.24) is 4.57 Å². The first-order chi connectivity index (χ1) is 22.5. The van der Waals surface area contributed by atoms with Crippen LogP contribution in [0.1, 0.15) is 79.7 Å². The van der Waals surface area contributed by atoms with Crippen molar-refractivity contribution in [3.05, 3.63) is 141 Å². The minimum absolute atomic E-state index is 0.0258. The van der Waals surface area contributed by atoms with Crippen LogP contribution in [0, 0.1) is 6.92 Å². The maximum absolute atomic E-state index is 14.2. The summed E-state index contributed by atoms with van der Waals surface area (Å²) in [6.07, 6.45) is 4.48. The van der Waals surface area contributed by atoms with E-state index in [1.165, 1.54) is 17.8 Å². The predicted octanol–water partition coefficient (Wildman–Crippen LogP) is 9.42. The van der Waals surface area contributed by atoms with Crippen molar-refractivity contribution in [2.75, 3.05) is 0 Å². The maximum atomic E-state index is 14.2. The topological polar surface area (TPSA) is 77.7 Å². The molecular weight excluding hydrogens is 593 g/mol. The van der Waals surface area contributed by atoms with E-state index in [0.29, 0.717) is 27.1 Å². The number of Topliss-reactive ketones (excluding diaryl/α,β-unsaturated/α-hetero) is 1. The first-order valence-electron chi connectivity index (χ1n) is 15.6. The fraction of sp³-hybridized carbons (Fsp3) is 0.179. The Morgan fingerprint density at radius 2 is 1.43 bits per heavy atom. The number of thiophene rings is 1. The highest BCUT2D eigenvalue weighted by atomic mass is 32.1.